The molecule has 1 aliphatic rings. The molecule has 6 nitrogen and oxygen atoms in total. The first kappa shape index (κ1) is 19.1. The van der Waals surface area contributed by atoms with E-state index in [2.05, 4.69) is 15.3 Å². The lowest BCUT2D eigenvalue weighted by molar-refractivity contribution is 0.139. The molecule has 6 heteroatoms. The fourth-order valence-electron chi connectivity index (χ4n) is 3.12. The summed E-state index contributed by atoms with van der Waals surface area (Å²) in [5.41, 5.74) is 4.78. The molecule has 2 aromatic carbocycles. The molecule has 3 aromatic rings. The third kappa shape index (κ3) is 4.99. The van der Waals surface area contributed by atoms with Crippen LogP contribution in [0.4, 0.5) is 11.6 Å². The van der Waals surface area contributed by atoms with Gasteiger partial charge in [0.1, 0.15) is 5.75 Å². The summed E-state index contributed by atoms with van der Waals surface area (Å²) in [6.45, 7) is 2.02. The summed E-state index contributed by atoms with van der Waals surface area (Å²) in [7, 11) is 1.66. The minimum Gasteiger partial charge on any atom is -0.496 e. The first-order valence-corrected chi connectivity index (χ1v) is 9.48. The smallest absolute Gasteiger partial charge is 0.227 e. The van der Waals surface area contributed by atoms with Crippen LogP contribution in [0.15, 0.2) is 66.9 Å². The second-order valence-corrected chi connectivity index (χ2v) is 6.62. The fourth-order valence-corrected chi connectivity index (χ4v) is 3.12. The summed E-state index contributed by atoms with van der Waals surface area (Å²) in [5.74, 6) is 1.33. The number of methoxy groups -OCH3 is 1. The van der Waals surface area contributed by atoms with Crippen molar-refractivity contribution in [1.82, 2.24) is 9.97 Å². The molecule has 0 saturated carbocycles. The Labute approximate surface area is 170 Å². The van der Waals surface area contributed by atoms with Crippen molar-refractivity contribution in [3.05, 3.63) is 78.0 Å². The van der Waals surface area contributed by atoms with Crippen LogP contribution in [0.2, 0.25) is 0 Å². The van der Waals surface area contributed by atoms with Crippen LogP contribution in [0.1, 0.15) is 11.1 Å². The summed E-state index contributed by atoms with van der Waals surface area (Å²) in [6, 6.07) is 15.9. The summed E-state index contributed by atoms with van der Waals surface area (Å²) in [4.78, 5) is 9.03. The maximum Gasteiger partial charge on any atom is 0.227 e. The highest BCUT2D eigenvalue weighted by Gasteiger charge is 2.09. The molecule has 2 heterocycles. The lowest BCUT2D eigenvalue weighted by atomic mass is 10.1. The molecule has 0 unspecified atom stereocenters. The van der Waals surface area contributed by atoms with Crippen LogP contribution < -0.4 is 10.1 Å². The SMILES string of the molecule is COc1ccc2cc1COCC=CCOCc1cccc(c1)Nc1nccc-2n1. The zero-order valence-electron chi connectivity index (χ0n) is 16.3. The predicted molar refractivity (Wildman–Crippen MR) is 112 cm³/mol. The number of anilines is 2. The number of rotatable bonds is 1. The minimum absolute atomic E-state index is 0.447. The molecule has 1 aliphatic heterocycles. The third-order valence-corrected chi connectivity index (χ3v) is 4.54. The Hall–Kier alpha value is -3.22. The highest BCUT2D eigenvalue weighted by atomic mass is 16.5. The van der Waals surface area contributed by atoms with Crippen LogP contribution >= 0.6 is 0 Å². The van der Waals surface area contributed by atoms with E-state index in [1.165, 1.54) is 0 Å². The van der Waals surface area contributed by atoms with Crippen LogP contribution in [-0.2, 0) is 22.7 Å². The van der Waals surface area contributed by atoms with Gasteiger partial charge in [-0.05, 0) is 42.0 Å². The van der Waals surface area contributed by atoms with Gasteiger partial charge in [0.05, 0.1) is 39.2 Å². The van der Waals surface area contributed by atoms with E-state index in [0.29, 0.717) is 32.4 Å². The number of hydrogen-bond donors (Lipinski definition) is 1. The summed E-state index contributed by atoms with van der Waals surface area (Å²) >= 11 is 0. The van der Waals surface area contributed by atoms with Crippen molar-refractivity contribution >= 4 is 11.6 Å². The van der Waals surface area contributed by atoms with Gasteiger partial charge in [0.15, 0.2) is 0 Å². The Kier molecular flexibility index (Phi) is 6.14. The van der Waals surface area contributed by atoms with Crippen molar-refractivity contribution in [2.24, 2.45) is 0 Å². The van der Waals surface area contributed by atoms with Gasteiger partial charge < -0.3 is 19.5 Å². The van der Waals surface area contributed by atoms with E-state index in [1.54, 1.807) is 13.3 Å². The Morgan fingerprint density at radius 3 is 2.69 bits per heavy atom. The van der Waals surface area contributed by atoms with Gasteiger partial charge in [-0.3, -0.25) is 0 Å². The summed E-state index contributed by atoms with van der Waals surface area (Å²) in [6.07, 6.45) is 5.69. The van der Waals surface area contributed by atoms with E-state index in [4.69, 9.17) is 14.2 Å². The van der Waals surface area contributed by atoms with Gasteiger partial charge in [0.2, 0.25) is 5.95 Å². The van der Waals surface area contributed by atoms with Crippen LogP contribution in [-0.4, -0.2) is 30.3 Å². The van der Waals surface area contributed by atoms with Gasteiger partial charge in [-0.15, -0.1) is 0 Å². The fraction of sp³-hybridized carbons (Fsp3) is 0.217. The monoisotopic (exact) mass is 389 g/mol. The first-order valence-electron chi connectivity index (χ1n) is 9.48. The molecule has 1 N–H and O–H groups in total. The molecular formula is C23H23N3O3. The van der Waals surface area contributed by atoms with Crippen molar-refractivity contribution in [3.8, 4) is 17.0 Å². The molecule has 148 valence electrons. The molecule has 0 saturated heterocycles. The molecule has 0 spiro atoms. The number of ether oxygens (including phenoxy) is 3. The van der Waals surface area contributed by atoms with E-state index in [1.807, 2.05) is 60.7 Å². The first-order chi connectivity index (χ1) is 14.3. The van der Waals surface area contributed by atoms with Crippen molar-refractivity contribution < 1.29 is 14.2 Å². The largest absolute Gasteiger partial charge is 0.496 e. The van der Waals surface area contributed by atoms with Gasteiger partial charge >= 0.3 is 0 Å². The zero-order valence-corrected chi connectivity index (χ0v) is 16.3. The van der Waals surface area contributed by atoms with Crippen molar-refractivity contribution in [2.45, 2.75) is 13.2 Å². The number of benzene rings is 2. The Morgan fingerprint density at radius 2 is 1.83 bits per heavy atom. The second-order valence-electron chi connectivity index (χ2n) is 6.62. The van der Waals surface area contributed by atoms with Crippen molar-refractivity contribution in [1.29, 1.82) is 0 Å². The lowest BCUT2D eigenvalue weighted by Crippen LogP contribution is -2.01. The molecular weight excluding hydrogens is 366 g/mol. The van der Waals surface area contributed by atoms with E-state index >= 15 is 0 Å². The molecule has 0 fully saturated rings. The predicted octanol–water partition coefficient (Wildman–Crippen LogP) is 4.50. The van der Waals surface area contributed by atoms with Crippen LogP contribution in [0.5, 0.6) is 5.75 Å². The molecule has 4 rings (SSSR count). The molecule has 6 bridgehead atoms. The average molecular weight is 389 g/mol. The lowest BCUT2D eigenvalue weighted by Gasteiger charge is -2.12. The van der Waals surface area contributed by atoms with Gasteiger partial charge in [-0.25, -0.2) is 9.97 Å². The molecule has 0 amide bonds. The highest BCUT2D eigenvalue weighted by molar-refractivity contribution is 5.64. The third-order valence-electron chi connectivity index (χ3n) is 4.54. The number of fused-ring (bicyclic) bond motifs is 7. The van der Waals surface area contributed by atoms with E-state index in [9.17, 15) is 0 Å². The van der Waals surface area contributed by atoms with Gasteiger partial charge in [-0.1, -0.05) is 24.3 Å². The van der Waals surface area contributed by atoms with Gasteiger partial charge in [0, 0.05) is 23.0 Å². The van der Waals surface area contributed by atoms with Crippen LogP contribution in [0.3, 0.4) is 0 Å². The standard InChI is InChI=1S/C23H23N3O3/c1-27-22-8-7-18-14-19(22)16-29-12-3-2-11-28-15-17-5-4-6-20(13-17)25-23-24-10-9-21(18)26-23/h2-10,13-14H,11-12,15-16H2,1H3,(H,24,25,26). The number of aromatic nitrogens is 2. The summed E-state index contributed by atoms with van der Waals surface area (Å²) < 4.78 is 17.0. The van der Waals surface area contributed by atoms with Crippen molar-refractivity contribution in [3.63, 3.8) is 0 Å². The topological polar surface area (TPSA) is 65.5 Å². The quantitative estimate of drug-likeness (QED) is 0.618. The molecule has 1 aromatic heterocycles. The Balaban J connectivity index is 1.69. The summed E-state index contributed by atoms with van der Waals surface area (Å²) in [5, 5.41) is 3.28. The van der Waals surface area contributed by atoms with E-state index < -0.39 is 0 Å². The average Bonchev–Trinajstić information content (AvgIpc) is 2.75. The zero-order chi connectivity index (χ0) is 19.9. The number of nitrogens with one attached hydrogen (secondary N) is 1. The highest BCUT2D eigenvalue weighted by Crippen LogP contribution is 2.27. The van der Waals surface area contributed by atoms with Crippen LogP contribution in [0.25, 0.3) is 11.3 Å². The molecule has 0 aliphatic carbocycles. The maximum atomic E-state index is 5.78. The van der Waals surface area contributed by atoms with Gasteiger partial charge in [0.25, 0.3) is 0 Å². The number of hydrogen-bond acceptors (Lipinski definition) is 6. The molecule has 29 heavy (non-hydrogen) atoms. The second kappa shape index (κ2) is 9.32. The van der Waals surface area contributed by atoms with E-state index in [0.717, 1.165) is 33.8 Å². The number of nitrogens with zero attached hydrogens (tertiary/aromatic N) is 2. The van der Waals surface area contributed by atoms with Crippen LogP contribution in [0, 0.1) is 0 Å². The van der Waals surface area contributed by atoms with Crippen molar-refractivity contribution in [2.75, 3.05) is 25.6 Å². The Bertz CT molecular complexity index is 1000. The molecule has 0 radical (unpaired) electrons. The van der Waals surface area contributed by atoms with E-state index in [-0.39, 0.29) is 0 Å². The van der Waals surface area contributed by atoms with Gasteiger partial charge in [-0.2, -0.15) is 0 Å². The normalized spacial score (nSPS) is 14.4. The maximum absolute atomic E-state index is 5.78. The Morgan fingerprint density at radius 1 is 0.966 bits per heavy atom. The minimum atomic E-state index is 0.447. The molecule has 0 atom stereocenters.